The highest BCUT2D eigenvalue weighted by Gasteiger charge is 2.15. The summed E-state index contributed by atoms with van der Waals surface area (Å²) < 4.78 is 5.10. The number of unbranched alkanes of at least 4 members (excludes halogenated alkanes) is 2. The van der Waals surface area contributed by atoms with Crippen molar-refractivity contribution in [1.29, 1.82) is 0 Å². The molecular weight excluding hydrogens is 190 g/mol. The number of hydrogen-bond acceptors (Lipinski definition) is 2. The van der Waals surface area contributed by atoms with E-state index in [1.54, 1.807) is 0 Å². The van der Waals surface area contributed by atoms with Gasteiger partial charge in [-0.1, -0.05) is 39.0 Å². The molecule has 0 heterocycles. The molecule has 0 saturated heterocycles. The number of nitrogens with one attached hydrogen (secondary N) is 1. The molecule has 0 unspecified atom stereocenters. The van der Waals surface area contributed by atoms with Crippen molar-refractivity contribution < 1.29 is 9.53 Å². The van der Waals surface area contributed by atoms with E-state index in [1.807, 2.05) is 0 Å². The summed E-state index contributed by atoms with van der Waals surface area (Å²) >= 11 is 0. The molecule has 0 aliphatic heterocycles. The van der Waals surface area contributed by atoms with Crippen molar-refractivity contribution in [3.63, 3.8) is 0 Å². The van der Waals surface area contributed by atoms with E-state index >= 15 is 0 Å². The highest BCUT2D eigenvalue weighted by molar-refractivity contribution is 5.67. The monoisotopic (exact) mass is 213 g/mol. The minimum atomic E-state index is -0.224. The van der Waals surface area contributed by atoms with Gasteiger partial charge in [0.2, 0.25) is 0 Å². The maximum Gasteiger partial charge on any atom is 0.407 e. The van der Waals surface area contributed by atoms with Gasteiger partial charge in [-0.3, -0.25) is 0 Å². The Labute approximate surface area is 92.6 Å². The average Bonchev–Trinajstić information content (AvgIpc) is 2.26. The van der Waals surface area contributed by atoms with Crippen LogP contribution in [0.15, 0.2) is 0 Å². The number of carbonyl (C=O) groups is 1. The molecule has 0 radical (unpaired) electrons. The summed E-state index contributed by atoms with van der Waals surface area (Å²) in [5.41, 5.74) is 0. The van der Waals surface area contributed by atoms with Crippen molar-refractivity contribution >= 4 is 6.09 Å². The second-order valence-corrected chi connectivity index (χ2v) is 4.32. The lowest BCUT2D eigenvalue weighted by atomic mass is 9.96. The zero-order chi connectivity index (χ0) is 10.9. The van der Waals surface area contributed by atoms with Gasteiger partial charge in [0.15, 0.2) is 0 Å². The Balaban J connectivity index is 2.01. The first-order chi connectivity index (χ1) is 7.33. The summed E-state index contributed by atoms with van der Waals surface area (Å²) in [6, 6.07) is 0.359. The lowest BCUT2D eigenvalue weighted by molar-refractivity contribution is 0.137. The first kappa shape index (κ1) is 12.3. The molecule has 1 aliphatic carbocycles. The molecule has 1 amide bonds. The summed E-state index contributed by atoms with van der Waals surface area (Å²) in [5.74, 6) is 0. The second kappa shape index (κ2) is 7.55. The fourth-order valence-corrected chi connectivity index (χ4v) is 1.97. The van der Waals surface area contributed by atoms with Gasteiger partial charge >= 0.3 is 6.09 Å². The minimum Gasteiger partial charge on any atom is -0.450 e. The van der Waals surface area contributed by atoms with E-state index in [2.05, 4.69) is 12.2 Å². The highest BCUT2D eigenvalue weighted by Crippen LogP contribution is 2.17. The van der Waals surface area contributed by atoms with Gasteiger partial charge in [-0.05, 0) is 19.3 Å². The van der Waals surface area contributed by atoms with E-state index in [0.29, 0.717) is 12.6 Å². The zero-order valence-corrected chi connectivity index (χ0v) is 9.76. The number of rotatable bonds is 5. The number of amides is 1. The zero-order valence-electron chi connectivity index (χ0n) is 9.76. The number of carbonyl (C=O) groups excluding carboxylic acids is 1. The minimum absolute atomic E-state index is 0.224. The first-order valence-corrected chi connectivity index (χ1v) is 6.26. The van der Waals surface area contributed by atoms with Gasteiger partial charge in [0.1, 0.15) is 0 Å². The van der Waals surface area contributed by atoms with Crippen LogP contribution in [0.3, 0.4) is 0 Å². The van der Waals surface area contributed by atoms with Gasteiger partial charge in [0, 0.05) is 6.04 Å². The van der Waals surface area contributed by atoms with Gasteiger partial charge in [-0.15, -0.1) is 0 Å². The van der Waals surface area contributed by atoms with Gasteiger partial charge in [0.25, 0.3) is 0 Å². The third kappa shape index (κ3) is 5.65. The van der Waals surface area contributed by atoms with E-state index in [0.717, 1.165) is 32.1 Å². The van der Waals surface area contributed by atoms with E-state index < -0.39 is 0 Å². The second-order valence-electron chi connectivity index (χ2n) is 4.32. The Hall–Kier alpha value is -0.730. The number of alkyl carbamates (subject to hydrolysis) is 1. The van der Waals surface area contributed by atoms with Gasteiger partial charge < -0.3 is 10.1 Å². The standard InChI is InChI=1S/C12H23NO2/c1-2-3-7-10-15-12(14)13-11-8-5-4-6-9-11/h11H,2-10H2,1H3,(H,13,14). The number of ether oxygens (including phenoxy) is 1. The van der Waals surface area contributed by atoms with Crippen LogP contribution >= 0.6 is 0 Å². The molecule has 0 aromatic carbocycles. The molecule has 0 aromatic heterocycles. The molecule has 0 aromatic rings. The maximum absolute atomic E-state index is 11.3. The molecule has 0 atom stereocenters. The van der Waals surface area contributed by atoms with Gasteiger partial charge in [0.05, 0.1) is 6.61 Å². The summed E-state index contributed by atoms with van der Waals surface area (Å²) in [6.07, 6.45) is 9.07. The fraction of sp³-hybridized carbons (Fsp3) is 0.917. The Morgan fingerprint density at radius 3 is 2.67 bits per heavy atom. The normalized spacial score (nSPS) is 17.4. The van der Waals surface area contributed by atoms with Crippen molar-refractivity contribution in [1.82, 2.24) is 5.32 Å². The van der Waals surface area contributed by atoms with Crippen LogP contribution in [-0.2, 0) is 4.74 Å². The Bertz CT molecular complexity index is 176. The van der Waals surface area contributed by atoms with Gasteiger partial charge in [-0.2, -0.15) is 0 Å². The summed E-state index contributed by atoms with van der Waals surface area (Å²) in [5, 5.41) is 2.93. The molecule has 0 spiro atoms. The maximum atomic E-state index is 11.3. The molecule has 3 nitrogen and oxygen atoms in total. The highest BCUT2D eigenvalue weighted by atomic mass is 16.5. The van der Waals surface area contributed by atoms with Crippen LogP contribution < -0.4 is 5.32 Å². The van der Waals surface area contributed by atoms with Gasteiger partial charge in [-0.25, -0.2) is 4.79 Å². The quantitative estimate of drug-likeness (QED) is 0.712. The number of hydrogen-bond donors (Lipinski definition) is 1. The smallest absolute Gasteiger partial charge is 0.407 e. The van der Waals surface area contributed by atoms with E-state index in [1.165, 1.54) is 19.3 Å². The van der Waals surface area contributed by atoms with Crippen molar-refractivity contribution in [3.8, 4) is 0 Å². The molecule has 1 aliphatic rings. The largest absolute Gasteiger partial charge is 0.450 e. The van der Waals surface area contributed by atoms with E-state index in [9.17, 15) is 4.79 Å². The van der Waals surface area contributed by atoms with Crippen molar-refractivity contribution in [2.45, 2.75) is 64.3 Å². The molecule has 1 N–H and O–H groups in total. The Morgan fingerprint density at radius 1 is 1.27 bits per heavy atom. The lowest BCUT2D eigenvalue weighted by Crippen LogP contribution is -2.36. The Morgan fingerprint density at radius 2 is 2.00 bits per heavy atom. The third-order valence-corrected chi connectivity index (χ3v) is 2.91. The summed E-state index contributed by atoms with van der Waals surface area (Å²) in [4.78, 5) is 11.3. The molecule has 1 saturated carbocycles. The third-order valence-electron chi connectivity index (χ3n) is 2.91. The molecule has 1 fully saturated rings. The first-order valence-electron chi connectivity index (χ1n) is 6.26. The van der Waals surface area contributed by atoms with Crippen LogP contribution in [0.2, 0.25) is 0 Å². The topological polar surface area (TPSA) is 38.3 Å². The molecular formula is C12H23NO2. The van der Waals surface area contributed by atoms with Crippen LogP contribution in [-0.4, -0.2) is 18.7 Å². The van der Waals surface area contributed by atoms with Crippen LogP contribution in [0.4, 0.5) is 4.79 Å². The molecule has 3 heteroatoms. The predicted octanol–water partition coefficient (Wildman–Crippen LogP) is 3.24. The average molecular weight is 213 g/mol. The Kier molecular flexibility index (Phi) is 6.21. The molecule has 0 bridgehead atoms. The predicted molar refractivity (Wildman–Crippen MR) is 60.9 cm³/mol. The molecule has 15 heavy (non-hydrogen) atoms. The SMILES string of the molecule is CCCCCOC(=O)NC1CCCCC1. The fourth-order valence-electron chi connectivity index (χ4n) is 1.97. The van der Waals surface area contributed by atoms with Crippen LogP contribution in [0, 0.1) is 0 Å². The van der Waals surface area contributed by atoms with E-state index in [-0.39, 0.29) is 6.09 Å². The lowest BCUT2D eigenvalue weighted by Gasteiger charge is -2.22. The van der Waals surface area contributed by atoms with Crippen LogP contribution in [0.25, 0.3) is 0 Å². The van der Waals surface area contributed by atoms with Crippen LogP contribution in [0.1, 0.15) is 58.3 Å². The van der Waals surface area contributed by atoms with Crippen LogP contribution in [0.5, 0.6) is 0 Å². The van der Waals surface area contributed by atoms with E-state index in [4.69, 9.17) is 4.74 Å². The summed E-state index contributed by atoms with van der Waals surface area (Å²) in [6.45, 7) is 2.70. The molecule has 88 valence electrons. The van der Waals surface area contributed by atoms with Crippen molar-refractivity contribution in [2.24, 2.45) is 0 Å². The van der Waals surface area contributed by atoms with Crippen molar-refractivity contribution in [3.05, 3.63) is 0 Å². The van der Waals surface area contributed by atoms with Crippen molar-refractivity contribution in [2.75, 3.05) is 6.61 Å². The molecule has 1 rings (SSSR count). The summed E-state index contributed by atoms with van der Waals surface area (Å²) in [7, 11) is 0.